The number of hydrogen-bond donors (Lipinski definition) is 2. The van der Waals surface area contributed by atoms with Crippen LogP contribution in [0.1, 0.15) is 27.7 Å². The molecule has 0 radical (unpaired) electrons. The van der Waals surface area contributed by atoms with E-state index in [-0.39, 0.29) is 12.6 Å². The van der Waals surface area contributed by atoms with E-state index in [1.165, 1.54) is 4.90 Å². The molecule has 7 nitrogen and oxygen atoms in total. The van der Waals surface area contributed by atoms with Gasteiger partial charge in [0, 0.05) is 6.54 Å². The van der Waals surface area contributed by atoms with Gasteiger partial charge in [-0.15, -0.1) is 6.58 Å². The van der Waals surface area contributed by atoms with E-state index in [0.29, 0.717) is 12.2 Å². The zero-order valence-electron chi connectivity index (χ0n) is 13.6. The number of rotatable bonds is 5. The summed E-state index contributed by atoms with van der Waals surface area (Å²) in [5.74, 6) is -0.593. The molecule has 2 atom stereocenters. The third-order valence-corrected chi connectivity index (χ3v) is 2.93. The standard InChI is InChI=1S/C15H25N3O4/c1-6-7-21-17-11-8-10(2)12(13(16)19)18(9-11)14(20)22-15(3,4)5/h6,8,11-12,17H,1,7,9H2,2-5H3,(H2,16,19)/t11-,12+/m1/s1. The Kier molecular flexibility index (Phi) is 6.13. The van der Waals surface area contributed by atoms with Gasteiger partial charge in [-0.3, -0.25) is 14.5 Å². The summed E-state index contributed by atoms with van der Waals surface area (Å²) in [6.45, 7) is 11.1. The molecule has 0 aliphatic carbocycles. The van der Waals surface area contributed by atoms with Crippen LogP contribution in [0.25, 0.3) is 0 Å². The molecule has 1 aliphatic heterocycles. The molecular weight excluding hydrogens is 286 g/mol. The van der Waals surface area contributed by atoms with Gasteiger partial charge in [0.2, 0.25) is 5.91 Å². The van der Waals surface area contributed by atoms with Gasteiger partial charge in [-0.1, -0.05) is 12.2 Å². The minimum absolute atomic E-state index is 0.219. The van der Waals surface area contributed by atoms with Crippen LogP contribution in [0, 0.1) is 0 Å². The molecule has 0 bridgehead atoms. The molecule has 3 N–H and O–H groups in total. The number of hydrogen-bond acceptors (Lipinski definition) is 5. The Labute approximate surface area is 131 Å². The van der Waals surface area contributed by atoms with Gasteiger partial charge in [0.1, 0.15) is 11.6 Å². The van der Waals surface area contributed by atoms with Crippen LogP contribution in [-0.4, -0.2) is 47.7 Å². The van der Waals surface area contributed by atoms with Crippen molar-refractivity contribution < 1.29 is 19.2 Å². The molecule has 124 valence electrons. The smallest absolute Gasteiger partial charge is 0.411 e. The Bertz CT molecular complexity index is 468. The second-order valence-electron chi connectivity index (χ2n) is 6.17. The minimum atomic E-state index is -0.813. The Balaban J connectivity index is 2.91. The summed E-state index contributed by atoms with van der Waals surface area (Å²) in [5, 5.41) is 0. The zero-order chi connectivity index (χ0) is 16.9. The van der Waals surface area contributed by atoms with Crippen LogP contribution in [0.4, 0.5) is 4.79 Å². The predicted octanol–water partition coefficient (Wildman–Crippen LogP) is 1.11. The molecular formula is C15H25N3O4. The highest BCUT2D eigenvalue weighted by atomic mass is 16.6. The Morgan fingerprint density at radius 3 is 2.68 bits per heavy atom. The van der Waals surface area contributed by atoms with Gasteiger partial charge in [0.25, 0.3) is 0 Å². The Morgan fingerprint density at radius 1 is 1.55 bits per heavy atom. The highest BCUT2D eigenvalue weighted by Gasteiger charge is 2.37. The summed E-state index contributed by atoms with van der Waals surface area (Å²) < 4.78 is 5.35. The lowest BCUT2D eigenvalue weighted by molar-refractivity contribution is -0.122. The Hall–Kier alpha value is -1.86. The first-order chi connectivity index (χ1) is 10.2. The van der Waals surface area contributed by atoms with Gasteiger partial charge in [-0.05, 0) is 33.3 Å². The van der Waals surface area contributed by atoms with E-state index >= 15 is 0 Å². The first kappa shape index (κ1) is 18.2. The lowest BCUT2D eigenvalue weighted by atomic mass is 9.99. The van der Waals surface area contributed by atoms with Crippen molar-refractivity contribution in [3.05, 3.63) is 24.3 Å². The van der Waals surface area contributed by atoms with E-state index < -0.39 is 23.6 Å². The maximum Gasteiger partial charge on any atom is 0.411 e. The molecule has 0 aromatic carbocycles. The summed E-state index contributed by atoms with van der Waals surface area (Å²) in [7, 11) is 0. The van der Waals surface area contributed by atoms with E-state index in [1.807, 2.05) is 6.08 Å². The number of hydroxylamine groups is 1. The van der Waals surface area contributed by atoms with Crippen LogP contribution in [0.5, 0.6) is 0 Å². The maximum atomic E-state index is 12.3. The van der Waals surface area contributed by atoms with Crippen LogP contribution in [0.15, 0.2) is 24.3 Å². The number of carbonyl (C=O) groups is 2. The third kappa shape index (κ3) is 5.16. The van der Waals surface area contributed by atoms with Crippen LogP contribution in [0.2, 0.25) is 0 Å². The molecule has 7 heteroatoms. The van der Waals surface area contributed by atoms with Crippen molar-refractivity contribution in [3.8, 4) is 0 Å². The molecule has 0 aromatic heterocycles. The van der Waals surface area contributed by atoms with E-state index in [0.717, 1.165) is 0 Å². The van der Waals surface area contributed by atoms with E-state index in [9.17, 15) is 9.59 Å². The first-order valence-corrected chi connectivity index (χ1v) is 7.11. The number of ether oxygens (including phenoxy) is 1. The van der Waals surface area contributed by atoms with E-state index in [4.69, 9.17) is 15.3 Å². The molecule has 0 saturated heterocycles. The largest absolute Gasteiger partial charge is 0.444 e. The molecule has 22 heavy (non-hydrogen) atoms. The number of nitrogens with two attached hydrogens (primary N) is 1. The van der Waals surface area contributed by atoms with Crippen molar-refractivity contribution in [3.63, 3.8) is 0 Å². The topological polar surface area (TPSA) is 93.9 Å². The van der Waals surface area contributed by atoms with Crippen molar-refractivity contribution in [2.24, 2.45) is 5.73 Å². The predicted molar refractivity (Wildman–Crippen MR) is 82.8 cm³/mol. The van der Waals surface area contributed by atoms with Gasteiger partial charge in [-0.25, -0.2) is 4.79 Å². The number of nitrogens with zero attached hydrogens (tertiary/aromatic N) is 1. The monoisotopic (exact) mass is 311 g/mol. The molecule has 0 aromatic rings. The molecule has 0 saturated carbocycles. The third-order valence-electron chi connectivity index (χ3n) is 2.93. The zero-order valence-corrected chi connectivity index (χ0v) is 13.6. The Morgan fingerprint density at radius 2 is 2.18 bits per heavy atom. The average molecular weight is 311 g/mol. The first-order valence-electron chi connectivity index (χ1n) is 7.11. The van der Waals surface area contributed by atoms with Gasteiger partial charge in [-0.2, -0.15) is 5.48 Å². The normalized spacial score (nSPS) is 22.0. The van der Waals surface area contributed by atoms with Crippen LogP contribution in [0.3, 0.4) is 0 Å². The highest BCUT2D eigenvalue weighted by Crippen LogP contribution is 2.21. The highest BCUT2D eigenvalue weighted by molar-refractivity contribution is 5.87. The molecule has 0 spiro atoms. The van der Waals surface area contributed by atoms with E-state index in [1.54, 1.807) is 33.8 Å². The SMILES string of the molecule is C=CCON[C@@H]1C=C(C)[C@@H](C(N)=O)N(C(=O)OC(C)(C)C)C1. The second-order valence-corrected chi connectivity index (χ2v) is 6.17. The van der Waals surface area contributed by atoms with Crippen molar-refractivity contribution >= 4 is 12.0 Å². The fourth-order valence-electron chi connectivity index (χ4n) is 2.19. The van der Waals surface area contributed by atoms with Crippen LogP contribution < -0.4 is 11.2 Å². The summed E-state index contributed by atoms with van der Waals surface area (Å²) in [6, 6.07) is -1.07. The molecule has 1 heterocycles. The number of primary amides is 1. The fraction of sp³-hybridized carbons (Fsp3) is 0.600. The summed E-state index contributed by atoms with van der Waals surface area (Å²) >= 11 is 0. The van der Waals surface area contributed by atoms with E-state index in [2.05, 4.69) is 12.1 Å². The second kappa shape index (κ2) is 7.42. The van der Waals surface area contributed by atoms with Crippen molar-refractivity contribution in [1.29, 1.82) is 0 Å². The van der Waals surface area contributed by atoms with Crippen molar-refractivity contribution in [2.45, 2.75) is 45.4 Å². The number of carbonyl (C=O) groups excluding carboxylic acids is 2. The van der Waals surface area contributed by atoms with Gasteiger partial charge >= 0.3 is 6.09 Å². The number of nitrogens with one attached hydrogen (secondary N) is 1. The summed E-state index contributed by atoms with van der Waals surface area (Å²) in [4.78, 5) is 30.5. The summed E-state index contributed by atoms with van der Waals surface area (Å²) in [6.07, 6.45) is 2.84. The van der Waals surface area contributed by atoms with Crippen LogP contribution >= 0.6 is 0 Å². The quantitative estimate of drug-likeness (QED) is 0.451. The lowest BCUT2D eigenvalue weighted by Gasteiger charge is -2.37. The maximum absolute atomic E-state index is 12.3. The molecule has 0 fully saturated rings. The molecule has 1 rings (SSSR count). The number of amides is 2. The molecule has 2 amide bonds. The van der Waals surface area contributed by atoms with Crippen LogP contribution in [-0.2, 0) is 14.4 Å². The molecule has 1 aliphatic rings. The fourth-order valence-corrected chi connectivity index (χ4v) is 2.19. The average Bonchev–Trinajstić information content (AvgIpc) is 2.35. The van der Waals surface area contributed by atoms with Crippen molar-refractivity contribution in [2.75, 3.05) is 13.2 Å². The lowest BCUT2D eigenvalue weighted by Crippen LogP contribution is -2.57. The van der Waals surface area contributed by atoms with Crippen molar-refractivity contribution in [1.82, 2.24) is 10.4 Å². The van der Waals surface area contributed by atoms with Gasteiger partial charge < -0.3 is 10.5 Å². The summed E-state index contributed by atoms with van der Waals surface area (Å²) in [5.41, 5.74) is 8.25. The van der Waals surface area contributed by atoms with Gasteiger partial charge in [0.05, 0.1) is 12.6 Å². The minimum Gasteiger partial charge on any atom is -0.444 e. The molecule has 0 unspecified atom stereocenters. The van der Waals surface area contributed by atoms with Gasteiger partial charge in [0.15, 0.2) is 0 Å².